The van der Waals surface area contributed by atoms with Crippen LogP contribution in [0.1, 0.15) is 61.3 Å². The second-order valence-electron chi connectivity index (χ2n) is 7.09. The van der Waals surface area contributed by atoms with Gasteiger partial charge >= 0.3 is 0 Å². The van der Waals surface area contributed by atoms with Crippen LogP contribution >= 0.6 is 0 Å². The van der Waals surface area contributed by atoms with E-state index >= 15 is 0 Å². The minimum Gasteiger partial charge on any atom is -0.300 e. The van der Waals surface area contributed by atoms with Crippen molar-refractivity contribution in [3.8, 4) is 0 Å². The van der Waals surface area contributed by atoms with Crippen LogP contribution in [0.5, 0.6) is 0 Å². The highest BCUT2D eigenvalue weighted by Gasteiger charge is 2.43. The molecule has 1 aliphatic heterocycles. The van der Waals surface area contributed by atoms with Gasteiger partial charge in [-0.25, -0.2) is 0 Å². The molecule has 1 rings (SSSR count). The molecule has 0 radical (unpaired) electrons. The fourth-order valence-electron chi connectivity index (χ4n) is 3.37. The molecular weight excluding hydrogens is 220 g/mol. The maximum absolute atomic E-state index is 2.70. The summed E-state index contributed by atoms with van der Waals surface area (Å²) in [6, 6.07) is 2.68. The van der Waals surface area contributed by atoms with Gasteiger partial charge in [0.25, 0.3) is 0 Å². The van der Waals surface area contributed by atoms with E-state index in [1.807, 2.05) is 0 Å². The highest BCUT2D eigenvalue weighted by Crippen LogP contribution is 2.40. The smallest absolute Gasteiger partial charge is 0.0228 e. The first-order chi connectivity index (χ1) is 8.23. The Morgan fingerprint density at radius 2 is 1.83 bits per heavy atom. The Morgan fingerprint density at radius 1 is 1.28 bits per heavy atom. The zero-order valence-corrected chi connectivity index (χ0v) is 13.8. The van der Waals surface area contributed by atoms with Crippen LogP contribution in [-0.4, -0.2) is 47.6 Å². The lowest BCUT2D eigenvalue weighted by molar-refractivity contribution is -0.0390. The molecule has 3 atom stereocenters. The van der Waals surface area contributed by atoms with Crippen LogP contribution in [0.2, 0.25) is 0 Å². The lowest BCUT2D eigenvalue weighted by atomic mass is 9.71. The molecule has 0 aromatic heterocycles. The zero-order chi connectivity index (χ0) is 14.1. The van der Waals surface area contributed by atoms with Gasteiger partial charge in [0.1, 0.15) is 0 Å². The molecule has 3 unspecified atom stereocenters. The van der Waals surface area contributed by atoms with Crippen molar-refractivity contribution in [1.29, 1.82) is 0 Å². The third-order valence-electron chi connectivity index (χ3n) is 5.49. The van der Waals surface area contributed by atoms with Gasteiger partial charge in [-0.1, -0.05) is 13.8 Å². The molecule has 108 valence electrons. The average molecular weight is 254 g/mol. The van der Waals surface area contributed by atoms with Crippen molar-refractivity contribution in [2.24, 2.45) is 5.41 Å². The van der Waals surface area contributed by atoms with E-state index < -0.39 is 0 Å². The molecule has 2 heteroatoms. The van der Waals surface area contributed by atoms with E-state index in [1.165, 1.54) is 19.4 Å². The van der Waals surface area contributed by atoms with Gasteiger partial charge in [0.2, 0.25) is 0 Å². The molecule has 1 fully saturated rings. The molecule has 1 aliphatic rings. The average Bonchev–Trinajstić information content (AvgIpc) is 2.31. The summed E-state index contributed by atoms with van der Waals surface area (Å²) in [5.74, 6) is 0. The van der Waals surface area contributed by atoms with Gasteiger partial charge in [0.05, 0.1) is 0 Å². The molecule has 0 bridgehead atoms. The minimum atomic E-state index is 0.455. The lowest BCUT2D eigenvalue weighted by Gasteiger charge is -2.53. The second-order valence-corrected chi connectivity index (χ2v) is 7.09. The van der Waals surface area contributed by atoms with Crippen molar-refractivity contribution in [2.75, 3.05) is 13.6 Å². The molecule has 2 nitrogen and oxygen atoms in total. The van der Waals surface area contributed by atoms with Crippen molar-refractivity contribution < 1.29 is 0 Å². The van der Waals surface area contributed by atoms with E-state index in [0.29, 0.717) is 29.6 Å². The molecule has 0 N–H and O–H groups in total. The van der Waals surface area contributed by atoms with E-state index in [1.54, 1.807) is 0 Å². The first kappa shape index (κ1) is 16.0. The van der Waals surface area contributed by atoms with Gasteiger partial charge < -0.3 is 0 Å². The third kappa shape index (κ3) is 3.08. The Kier molecular flexibility index (Phi) is 5.25. The number of hydrogen-bond donors (Lipinski definition) is 0. The Balaban J connectivity index is 2.92. The van der Waals surface area contributed by atoms with Crippen LogP contribution in [0, 0.1) is 5.41 Å². The van der Waals surface area contributed by atoms with Crippen LogP contribution in [0.4, 0.5) is 0 Å². The summed E-state index contributed by atoms with van der Waals surface area (Å²) in [7, 11) is 2.29. The maximum Gasteiger partial charge on any atom is 0.0228 e. The first-order valence-corrected chi connectivity index (χ1v) is 7.70. The van der Waals surface area contributed by atoms with E-state index in [0.717, 1.165) is 0 Å². The molecule has 0 aromatic carbocycles. The summed E-state index contributed by atoms with van der Waals surface area (Å²) in [6.07, 6.45) is 2.61. The number of hydrogen-bond acceptors (Lipinski definition) is 2. The van der Waals surface area contributed by atoms with Crippen LogP contribution in [0.3, 0.4) is 0 Å². The van der Waals surface area contributed by atoms with Crippen molar-refractivity contribution in [3.63, 3.8) is 0 Å². The van der Waals surface area contributed by atoms with Gasteiger partial charge in [-0.15, -0.1) is 0 Å². The van der Waals surface area contributed by atoms with Crippen LogP contribution in [-0.2, 0) is 0 Å². The number of nitrogens with zero attached hydrogens (tertiary/aromatic N) is 2. The summed E-state index contributed by atoms with van der Waals surface area (Å²) < 4.78 is 0. The highest BCUT2D eigenvalue weighted by atomic mass is 15.3. The van der Waals surface area contributed by atoms with Crippen molar-refractivity contribution in [2.45, 2.75) is 85.5 Å². The quantitative estimate of drug-likeness (QED) is 0.756. The largest absolute Gasteiger partial charge is 0.300 e. The number of piperidine rings is 1. The highest BCUT2D eigenvalue weighted by molar-refractivity contribution is 4.97. The monoisotopic (exact) mass is 254 g/mol. The van der Waals surface area contributed by atoms with E-state index in [-0.39, 0.29) is 0 Å². The summed E-state index contributed by atoms with van der Waals surface area (Å²) in [5, 5.41) is 0. The number of likely N-dealkylation sites (N-methyl/N-ethyl adjacent to an activating group) is 1. The van der Waals surface area contributed by atoms with Crippen molar-refractivity contribution in [1.82, 2.24) is 9.80 Å². The molecule has 0 spiro atoms. The fraction of sp³-hybridized carbons (Fsp3) is 1.00. The summed E-state index contributed by atoms with van der Waals surface area (Å²) >= 11 is 0. The minimum absolute atomic E-state index is 0.455. The van der Waals surface area contributed by atoms with Gasteiger partial charge in [-0.3, -0.25) is 9.80 Å². The predicted octanol–water partition coefficient (Wildman–Crippen LogP) is 3.61. The number of rotatable bonds is 4. The molecule has 0 aromatic rings. The van der Waals surface area contributed by atoms with Gasteiger partial charge in [0, 0.05) is 30.7 Å². The SMILES string of the molecule is CCC1(C)CC(N(C)C(C)C)CN(C(C)C)C1C. The first-order valence-electron chi connectivity index (χ1n) is 7.70. The van der Waals surface area contributed by atoms with E-state index in [4.69, 9.17) is 0 Å². The summed E-state index contributed by atoms with van der Waals surface area (Å²) in [6.45, 7) is 17.8. The van der Waals surface area contributed by atoms with E-state index in [9.17, 15) is 0 Å². The summed E-state index contributed by atoms with van der Waals surface area (Å²) in [4.78, 5) is 5.27. The molecule has 0 amide bonds. The maximum atomic E-state index is 2.70. The van der Waals surface area contributed by atoms with Gasteiger partial charge in [-0.2, -0.15) is 0 Å². The van der Waals surface area contributed by atoms with Crippen LogP contribution in [0.25, 0.3) is 0 Å². The third-order valence-corrected chi connectivity index (χ3v) is 5.49. The topological polar surface area (TPSA) is 6.48 Å². The molecule has 1 heterocycles. The standard InChI is InChI=1S/C16H34N2/c1-9-16(7)10-15(17(8)12(2)3)11-18(13(4)5)14(16)6/h12-15H,9-11H2,1-8H3. The Morgan fingerprint density at radius 3 is 2.22 bits per heavy atom. The summed E-state index contributed by atoms with van der Waals surface area (Å²) in [5.41, 5.74) is 0.455. The number of likely N-dealkylation sites (tertiary alicyclic amines) is 1. The Labute approximate surface area is 115 Å². The molecular formula is C16H34N2. The zero-order valence-electron chi connectivity index (χ0n) is 13.8. The Bertz CT molecular complexity index is 262. The molecule has 1 saturated heterocycles. The predicted molar refractivity (Wildman–Crippen MR) is 81.0 cm³/mol. The molecule has 0 saturated carbocycles. The van der Waals surface area contributed by atoms with Gasteiger partial charge in [-0.05, 0) is 59.9 Å². The molecule has 18 heavy (non-hydrogen) atoms. The Hall–Kier alpha value is -0.0800. The van der Waals surface area contributed by atoms with Crippen molar-refractivity contribution in [3.05, 3.63) is 0 Å². The lowest BCUT2D eigenvalue weighted by Crippen LogP contribution is -2.60. The van der Waals surface area contributed by atoms with Crippen LogP contribution < -0.4 is 0 Å². The molecule has 0 aliphatic carbocycles. The van der Waals surface area contributed by atoms with Gasteiger partial charge in [0.15, 0.2) is 0 Å². The second kappa shape index (κ2) is 5.92. The van der Waals surface area contributed by atoms with Crippen molar-refractivity contribution >= 4 is 0 Å². The fourth-order valence-corrected chi connectivity index (χ4v) is 3.37. The van der Waals surface area contributed by atoms with E-state index in [2.05, 4.69) is 65.3 Å². The normalized spacial score (nSPS) is 34.8. The van der Waals surface area contributed by atoms with Crippen LogP contribution in [0.15, 0.2) is 0 Å².